The molecule has 0 aliphatic heterocycles. The number of likely N-dealkylation sites (N-methyl/N-ethyl adjacent to an activating group) is 1. The molecule has 3 heteroatoms. The van der Waals surface area contributed by atoms with E-state index in [1.807, 2.05) is 0 Å². The second-order valence-electron chi connectivity index (χ2n) is 4.11. The standard InChI is InChI=1S/C12H28N2O/c1-6-12(10-15-5)13-11(4)9-14(7-2)8-3/h11-13H,6-10H2,1-5H3. The third-order valence-corrected chi connectivity index (χ3v) is 2.81. The van der Waals surface area contributed by atoms with Gasteiger partial charge in [0.15, 0.2) is 0 Å². The van der Waals surface area contributed by atoms with E-state index in [1.165, 1.54) is 0 Å². The zero-order chi connectivity index (χ0) is 11.7. The van der Waals surface area contributed by atoms with E-state index in [-0.39, 0.29) is 0 Å². The molecule has 0 aliphatic carbocycles. The summed E-state index contributed by atoms with van der Waals surface area (Å²) in [5.41, 5.74) is 0. The Kier molecular flexibility index (Phi) is 9.06. The van der Waals surface area contributed by atoms with Crippen molar-refractivity contribution in [3.8, 4) is 0 Å². The van der Waals surface area contributed by atoms with Gasteiger partial charge < -0.3 is 15.0 Å². The monoisotopic (exact) mass is 216 g/mol. The average molecular weight is 216 g/mol. The van der Waals surface area contributed by atoms with Crippen molar-refractivity contribution in [2.24, 2.45) is 0 Å². The van der Waals surface area contributed by atoms with Crippen molar-refractivity contribution in [1.82, 2.24) is 10.2 Å². The molecular formula is C12H28N2O. The highest BCUT2D eigenvalue weighted by molar-refractivity contribution is 4.72. The van der Waals surface area contributed by atoms with E-state index in [1.54, 1.807) is 7.11 Å². The van der Waals surface area contributed by atoms with E-state index >= 15 is 0 Å². The van der Waals surface area contributed by atoms with Crippen LogP contribution in [0.15, 0.2) is 0 Å². The van der Waals surface area contributed by atoms with Crippen LogP contribution in [0.5, 0.6) is 0 Å². The van der Waals surface area contributed by atoms with Gasteiger partial charge in [-0.1, -0.05) is 20.8 Å². The van der Waals surface area contributed by atoms with Crippen molar-refractivity contribution < 1.29 is 4.74 Å². The average Bonchev–Trinajstić information content (AvgIpc) is 2.25. The maximum atomic E-state index is 5.18. The number of hydrogen-bond acceptors (Lipinski definition) is 3. The summed E-state index contributed by atoms with van der Waals surface area (Å²) in [5, 5.41) is 3.60. The van der Waals surface area contributed by atoms with Gasteiger partial charge in [-0.3, -0.25) is 0 Å². The molecule has 0 aromatic carbocycles. The van der Waals surface area contributed by atoms with Crippen molar-refractivity contribution in [1.29, 1.82) is 0 Å². The molecule has 92 valence electrons. The van der Waals surface area contributed by atoms with E-state index < -0.39 is 0 Å². The number of nitrogens with zero attached hydrogens (tertiary/aromatic N) is 1. The summed E-state index contributed by atoms with van der Waals surface area (Å²) in [7, 11) is 1.76. The van der Waals surface area contributed by atoms with Gasteiger partial charge in [-0.25, -0.2) is 0 Å². The Labute approximate surface area is 95.2 Å². The van der Waals surface area contributed by atoms with Gasteiger partial charge in [0, 0.05) is 25.7 Å². The Bertz CT molecular complexity index is 138. The molecule has 0 saturated carbocycles. The molecule has 15 heavy (non-hydrogen) atoms. The number of ether oxygens (including phenoxy) is 1. The lowest BCUT2D eigenvalue weighted by atomic mass is 10.2. The highest BCUT2D eigenvalue weighted by Gasteiger charge is 2.11. The second kappa shape index (κ2) is 9.13. The predicted molar refractivity (Wildman–Crippen MR) is 66.3 cm³/mol. The molecule has 2 unspecified atom stereocenters. The number of hydrogen-bond donors (Lipinski definition) is 1. The SMILES string of the molecule is CCC(COC)NC(C)CN(CC)CC. The fourth-order valence-electron chi connectivity index (χ4n) is 1.81. The first-order valence-electron chi connectivity index (χ1n) is 6.15. The zero-order valence-corrected chi connectivity index (χ0v) is 11.0. The maximum Gasteiger partial charge on any atom is 0.0615 e. The number of nitrogens with one attached hydrogen (secondary N) is 1. The van der Waals surface area contributed by atoms with Gasteiger partial charge in [0.05, 0.1) is 6.61 Å². The van der Waals surface area contributed by atoms with E-state index in [2.05, 4.69) is 37.9 Å². The van der Waals surface area contributed by atoms with Gasteiger partial charge in [-0.2, -0.15) is 0 Å². The first-order valence-corrected chi connectivity index (χ1v) is 6.15. The predicted octanol–water partition coefficient (Wildman–Crippen LogP) is 1.73. The van der Waals surface area contributed by atoms with Crippen LogP contribution < -0.4 is 5.32 Å². The van der Waals surface area contributed by atoms with Crippen LogP contribution in [0.3, 0.4) is 0 Å². The normalized spacial score (nSPS) is 15.6. The van der Waals surface area contributed by atoms with Crippen LogP contribution in [0.25, 0.3) is 0 Å². The largest absolute Gasteiger partial charge is 0.383 e. The Morgan fingerprint density at radius 1 is 1.20 bits per heavy atom. The van der Waals surface area contributed by atoms with Crippen LogP contribution in [0.4, 0.5) is 0 Å². The van der Waals surface area contributed by atoms with Crippen LogP contribution in [-0.4, -0.2) is 50.3 Å². The number of methoxy groups -OCH3 is 1. The minimum Gasteiger partial charge on any atom is -0.383 e. The summed E-state index contributed by atoms with van der Waals surface area (Å²) in [4.78, 5) is 2.44. The zero-order valence-electron chi connectivity index (χ0n) is 11.0. The van der Waals surface area contributed by atoms with Gasteiger partial charge in [0.25, 0.3) is 0 Å². The molecule has 0 aromatic rings. The molecular weight excluding hydrogens is 188 g/mol. The molecule has 0 bridgehead atoms. The Morgan fingerprint density at radius 3 is 2.20 bits per heavy atom. The van der Waals surface area contributed by atoms with E-state index in [9.17, 15) is 0 Å². The summed E-state index contributed by atoms with van der Waals surface area (Å²) < 4.78 is 5.18. The quantitative estimate of drug-likeness (QED) is 0.635. The van der Waals surface area contributed by atoms with E-state index in [4.69, 9.17) is 4.74 Å². The minimum atomic E-state index is 0.487. The summed E-state index contributed by atoms with van der Waals surface area (Å²) in [6.45, 7) is 13.0. The molecule has 0 heterocycles. The van der Waals surface area contributed by atoms with Crippen molar-refractivity contribution >= 4 is 0 Å². The van der Waals surface area contributed by atoms with Crippen LogP contribution in [-0.2, 0) is 4.74 Å². The molecule has 0 aliphatic rings. The summed E-state index contributed by atoms with van der Waals surface area (Å²) in [5.74, 6) is 0. The molecule has 0 spiro atoms. The Morgan fingerprint density at radius 2 is 1.80 bits per heavy atom. The van der Waals surface area contributed by atoms with Gasteiger partial charge >= 0.3 is 0 Å². The lowest BCUT2D eigenvalue weighted by molar-refractivity contribution is 0.153. The Hall–Kier alpha value is -0.120. The smallest absolute Gasteiger partial charge is 0.0615 e. The number of rotatable bonds is 9. The van der Waals surface area contributed by atoms with Crippen LogP contribution in [0, 0.1) is 0 Å². The molecule has 0 radical (unpaired) electrons. The topological polar surface area (TPSA) is 24.5 Å². The lowest BCUT2D eigenvalue weighted by Crippen LogP contribution is -2.45. The van der Waals surface area contributed by atoms with Gasteiger partial charge in [-0.05, 0) is 26.4 Å². The molecule has 1 N–H and O–H groups in total. The molecule has 3 nitrogen and oxygen atoms in total. The fraction of sp³-hybridized carbons (Fsp3) is 1.00. The fourth-order valence-corrected chi connectivity index (χ4v) is 1.81. The van der Waals surface area contributed by atoms with Crippen molar-refractivity contribution in [3.05, 3.63) is 0 Å². The van der Waals surface area contributed by atoms with Crippen LogP contribution in [0.1, 0.15) is 34.1 Å². The maximum absolute atomic E-state index is 5.18. The molecule has 0 saturated heterocycles. The van der Waals surface area contributed by atoms with Gasteiger partial charge in [0.2, 0.25) is 0 Å². The summed E-state index contributed by atoms with van der Waals surface area (Å²) in [6.07, 6.45) is 1.12. The molecule has 0 amide bonds. The van der Waals surface area contributed by atoms with Crippen molar-refractivity contribution in [3.63, 3.8) is 0 Å². The van der Waals surface area contributed by atoms with Gasteiger partial charge in [0.1, 0.15) is 0 Å². The molecule has 0 aromatic heterocycles. The third kappa shape index (κ3) is 6.88. The first kappa shape index (κ1) is 14.9. The highest BCUT2D eigenvalue weighted by Crippen LogP contribution is 1.97. The molecule has 0 rings (SSSR count). The molecule has 2 atom stereocenters. The Balaban J connectivity index is 3.82. The third-order valence-electron chi connectivity index (χ3n) is 2.81. The summed E-state index contributed by atoms with van der Waals surface area (Å²) >= 11 is 0. The minimum absolute atomic E-state index is 0.487. The first-order chi connectivity index (χ1) is 7.17. The molecule has 0 fully saturated rings. The van der Waals surface area contributed by atoms with Crippen LogP contribution in [0.2, 0.25) is 0 Å². The summed E-state index contributed by atoms with van der Waals surface area (Å²) in [6, 6.07) is 1.02. The lowest BCUT2D eigenvalue weighted by Gasteiger charge is -2.27. The van der Waals surface area contributed by atoms with Crippen molar-refractivity contribution in [2.45, 2.75) is 46.2 Å². The van der Waals surface area contributed by atoms with Crippen molar-refractivity contribution in [2.75, 3.05) is 33.4 Å². The van der Waals surface area contributed by atoms with E-state index in [0.29, 0.717) is 12.1 Å². The second-order valence-corrected chi connectivity index (χ2v) is 4.11. The van der Waals surface area contributed by atoms with Crippen LogP contribution >= 0.6 is 0 Å². The van der Waals surface area contributed by atoms with Gasteiger partial charge in [-0.15, -0.1) is 0 Å². The highest BCUT2D eigenvalue weighted by atomic mass is 16.5. The van der Waals surface area contributed by atoms with E-state index in [0.717, 1.165) is 32.7 Å².